The standard InChI is InChI=1S/C16H15NO3/c1-20-16(19)15(12-18)17-11-5-8-14(17)10-9-13-6-3-2-4-7-13/h2-12,18H,1H3. The Labute approximate surface area is 117 Å². The number of carbonyl (C=O) groups excluding carboxylic acids is 1. The highest BCUT2D eigenvalue weighted by Crippen LogP contribution is 2.15. The van der Waals surface area contributed by atoms with Gasteiger partial charge in [0.05, 0.1) is 7.11 Å². The summed E-state index contributed by atoms with van der Waals surface area (Å²) >= 11 is 0. The van der Waals surface area contributed by atoms with Crippen LogP contribution in [0.5, 0.6) is 0 Å². The number of hydrogen-bond donors (Lipinski definition) is 1. The normalized spacial score (nSPS) is 11.8. The van der Waals surface area contributed by atoms with Gasteiger partial charge in [-0.25, -0.2) is 4.79 Å². The third-order valence-corrected chi connectivity index (χ3v) is 2.80. The zero-order chi connectivity index (χ0) is 14.4. The van der Waals surface area contributed by atoms with Gasteiger partial charge in [-0.1, -0.05) is 36.4 Å². The third kappa shape index (κ3) is 2.98. The van der Waals surface area contributed by atoms with E-state index in [1.54, 1.807) is 16.8 Å². The van der Waals surface area contributed by atoms with E-state index in [1.165, 1.54) is 7.11 Å². The molecule has 102 valence electrons. The largest absolute Gasteiger partial charge is 0.513 e. The summed E-state index contributed by atoms with van der Waals surface area (Å²) in [5.74, 6) is -0.599. The summed E-state index contributed by atoms with van der Waals surface area (Å²) in [6, 6.07) is 13.4. The molecule has 1 heterocycles. The molecule has 1 N–H and O–H groups in total. The molecule has 0 unspecified atom stereocenters. The second kappa shape index (κ2) is 6.43. The van der Waals surface area contributed by atoms with Gasteiger partial charge < -0.3 is 14.4 Å². The van der Waals surface area contributed by atoms with Gasteiger partial charge in [-0.2, -0.15) is 0 Å². The van der Waals surface area contributed by atoms with Crippen molar-refractivity contribution >= 4 is 23.8 Å². The smallest absolute Gasteiger partial charge is 0.358 e. The van der Waals surface area contributed by atoms with Crippen molar-refractivity contribution in [1.29, 1.82) is 0 Å². The molecule has 0 saturated carbocycles. The highest BCUT2D eigenvalue weighted by molar-refractivity contribution is 6.10. The first-order chi connectivity index (χ1) is 9.76. The Morgan fingerprint density at radius 1 is 1.15 bits per heavy atom. The van der Waals surface area contributed by atoms with Crippen molar-refractivity contribution in [3.63, 3.8) is 0 Å². The summed E-state index contributed by atoms with van der Waals surface area (Å²) in [6.45, 7) is 0. The molecule has 0 fully saturated rings. The second-order valence-electron chi connectivity index (χ2n) is 4.05. The zero-order valence-electron chi connectivity index (χ0n) is 11.1. The number of methoxy groups -OCH3 is 1. The minimum atomic E-state index is -0.599. The topological polar surface area (TPSA) is 51.5 Å². The summed E-state index contributed by atoms with van der Waals surface area (Å²) in [5, 5.41) is 9.20. The SMILES string of the molecule is COC(=O)C(=CO)n1cccc1C=Cc1ccccc1. The highest BCUT2D eigenvalue weighted by atomic mass is 16.5. The highest BCUT2D eigenvalue weighted by Gasteiger charge is 2.13. The van der Waals surface area contributed by atoms with Crippen LogP contribution in [0.4, 0.5) is 0 Å². The molecule has 1 aromatic carbocycles. The molecule has 0 saturated heterocycles. The molecule has 0 spiro atoms. The Kier molecular flexibility index (Phi) is 4.39. The van der Waals surface area contributed by atoms with Crippen LogP contribution in [0, 0.1) is 0 Å². The first-order valence-corrected chi connectivity index (χ1v) is 6.10. The van der Waals surface area contributed by atoms with Crippen LogP contribution in [0.1, 0.15) is 11.3 Å². The van der Waals surface area contributed by atoms with Crippen molar-refractivity contribution in [3.8, 4) is 0 Å². The van der Waals surface area contributed by atoms with E-state index in [0.717, 1.165) is 17.5 Å². The molecule has 0 radical (unpaired) electrons. The molecule has 4 heteroatoms. The predicted octanol–water partition coefficient (Wildman–Crippen LogP) is 3.19. The lowest BCUT2D eigenvalue weighted by Gasteiger charge is -2.07. The number of aliphatic hydroxyl groups excluding tert-OH is 1. The number of aliphatic hydroxyl groups is 1. The van der Waals surface area contributed by atoms with Crippen molar-refractivity contribution in [2.45, 2.75) is 0 Å². The molecule has 2 rings (SSSR count). The zero-order valence-corrected chi connectivity index (χ0v) is 11.1. The van der Waals surface area contributed by atoms with Crippen LogP contribution in [-0.4, -0.2) is 22.8 Å². The molecule has 0 bridgehead atoms. The third-order valence-electron chi connectivity index (χ3n) is 2.80. The Hall–Kier alpha value is -2.75. The fourth-order valence-corrected chi connectivity index (χ4v) is 1.81. The average molecular weight is 269 g/mol. The van der Waals surface area contributed by atoms with Crippen LogP contribution in [0.3, 0.4) is 0 Å². The van der Waals surface area contributed by atoms with E-state index in [0.29, 0.717) is 0 Å². The minimum absolute atomic E-state index is 0.0604. The van der Waals surface area contributed by atoms with Gasteiger partial charge in [-0.15, -0.1) is 0 Å². The van der Waals surface area contributed by atoms with Crippen molar-refractivity contribution < 1.29 is 14.6 Å². The minimum Gasteiger partial charge on any atom is -0.513 e. The van der Waals surface area contributed by atoms with E-state index in [1.807, 2.05) is 48.6 Å². The van der Waals surface area contributed by atoms with Crippen molar-refractivity contribution in [2.75, 3.05) is 7.11 Å². The molecule has 0 aliphatic carbocycles. The van der Waals surface area contributed by atoms with E-state index >= 15 is 0 Å². The fraction of sp³-hybridized carbons (Fsp3) is 0.0625. The first kappa shape index (κ1) is 13.7. The number of esters is 1. The van der Waals surface area contributed by atoms with Crippen molar-refractivity contribution in [3.05, 3.63) is 66.2 Å². The molecule has 20 heavy (non-hydrogen) atoms. The summed E-state index contributed by atoms with van der Waals surface area (Å²) < 4.78 is 6.19. The maximum Gasteiger partial charge on any atom is 0.358 e. The number of aromatic nitrogens is 1. The van der Waals surface area contributed by atoms with Gasteiger partial charge in [0.15, 0.2) is 5.70 Å². The van der Waals surface area contributed by atoms with Crippen LogP contribution < -0.4 is 0 Å². The van der Waals surface area contributed by atoms with Crippen molar-refractivity contribution in [2.24, 2.45) is 0 Å². The van der Waals surface area contributed by atoms with Crippen LogP contribution in [-0.2, 0) is 9.53 Å². The lowest BCUT2D eigenvalue weighted by molar-refractivity contribution is -0.134. The number of carbonyl (C=O) groups is 1. The van der Waals surface area contributed by atoms with E-state index in [-0.39, 0.29) is 5.70 Å². The van der Waals surface area contributed by atoms with Crippen LogP contribution >= 0.6 is 0 Å². The Balaban J connectivity index is 2.30. The van der Waals surface area contributed by atoms with Crippen molar-refractivity contribution in [1.82, 2.24) is 4.57 Å². The molecule has 0 aliphatic rings. The van der Waals surface area contributed by atoms with E-state index in [9.17, 15) is 9.90 Å². The molecule has 4 nitrogen and oxygen atoms in total. The lowest BCUT2D eigenvalue weighted by atomic mass is 10.2. The summed E-state index contributed by atoms with van der Waals surface area (Å²) in [4.78, 5) is 11.6. The summed E-state index contributed by atoms with van der Waals surface area (Å²) in [5.41, 5.74) is 1.87. The van der Waals surface area contributed by atoms with Gasteiger partial charge in [0.2, 0.25) is 0 Å². The summed E-state index contributed by atoms with van der Waals surface area (Å²) in [6.07, 6.45) is 6.22. The van der Waals surface area contributed by atoms with Gasteiger partial charge in [-0.05, 0) is 23.8 Å². The van der Waals surface area contributed by atoms with Crippen LogP contribution in [0.2, 0.25) is 0 Å². The average Bonchev–Trinajstić information content (AvgIpc) is 2.95. The van der Waals surface area contributed by atoms with Gasteiger partial charge in [0.25, 0.3) is 0 Å². The molecule has 2 aromatic rings. The Bertz CT molecular complexity index is 639. The van der Waals surface area contributed by atoms with Gasteiger partial charge in [-0.3, -0.25) is 0 Å². The molecule has 0 aliphatic heterocycles. The number of nitrogens with zero attached hydrogens (tertiary/aromatic N) is 1. The number of ether oxygens (including phenoxy) is 1. The molecule has 1 aromatic heterocycles. The number of benzene rings is 1. The molecular weight excluding hydrogens is 254 g/mol. The maximum atomic E-state index is 11.6. The van der Waals surface area contributed by atoms with Crippen LogP contribution in [0.25, 0.3) is 17.8 Å². The molecular formula is C16H15NO3. The second-order valence-corrected chi connectivity index (χ2v) is 4.05. The quantitative estimate of drug-likeness (QED) is 0.527. The molecule has 0 atom stereocenters. The van der Waals surface area contributed by atoms with Gasteiger partial charge in [0, 0.05) is 11.9 Å². The predicted molar refractivity (Wildman–Crippen MR) is 78.7 cm³/mol. The monoisotopic (exact) mass is 269 g/mol. The van der Waals surface area contributed by atoms with E-state index in [2.05, 4.69) is 4.74 Å². The number of rotatable bonds is 4. The van der Waals surface area contributed by atoms with Crippen LogP contribution in [0.15, 0.2) is 54.9 Å². The fourth-order valence-electron chi connectivity index (χ4n) is 1.81. The summed E-state index contributed by atoms with van der Waals surface area (Å²) in [7, 11) is 1.27. The first-order valence-electron chi connectivity index (χ1n) is 6.10. The maximum absolute atomic E-state index is 11.6. The lowest BCUT2D eigenvalue weighted by Crippen LogP contribution is -2.10. The Morgan fingerprint density at radius 3 is 2.55 bits per heavy atom. The van der Waals surface area contributed by atoms with Gasteiger partial charge >= 0.3 is 5.97 Å². The van der Waals surface area contributed by atoms with Gasteiger partial charge in [0.1, 0.15) is 6.26 Å². The Morgan fingerprint density at radius 2 is 1.90 bits per heavy atom. The van der Waals surface area contributed by atoms with E-state index < -0.39 is 5.97 Å². The molecule has 0 amide bonds. The van der Waals surface area contributed by atoms with E-state index in [4.69, 9.17) is 0 Å². The number of hydrogen-bond acceptors (Lipinski definition) is 3.